The van der Waals surface area contributed by atoms with Crippen LogP contribution in [0.3, 0.4) is 0 Å². The van der Waals surface area contributed by atoms with Crippen molar-refractivity contribution in [1.82, 2.24) is 29.6 Å². The van der Waals surface area contributed by atoms with Gasteiger partial charge in [0.2, 0.25) is 5.95 Å². The fourth-order valence-electron chi connectivity index (χ4n) is 6.21. The molecular weight excluding hydrogens is 478 g/mol. The Morgan fingerprint density at radius 3 is 2.87 bits per heavy atom. The molecule has 9 nitrogen and oxygen atoms in total. The minimum absolute atomic E-state index is 0.215. The highest BCUT2D eigenvalue weighted by Crippen LogP contribution is 2.50. The molecule has 38 heavy (non-hydrogen) atoms. The number of aliphatic hydroxyl groups is 1. The molecule has 1 fully saturated rings. The first kappa shape index (κ1) is 23.3. The topological polar surface area (TPSA) is 110 Å². The quantitative estimate of drug-likeness (QED) is 0.353. The molecule has 4 aromatic rings. The molecule has 7 rings (SSSR count). The molecule has 1 saturated carbocycles. The molecule has 0 amide bonds. The number of hydrogen-bond donors (Lipinski definition) is 3. The van der Waals surface area contributed by atoms with Gasteiger partial charge in [0.25, 0.3) is 5.56 Å². The van der Waals surface area contributed by atoms with E-state index in [1.165, 1.54) is 24.0 Å². The second-order valence-electron chi connectivity index (χ2n) is 11.1. The van der Waals surface area contributed by atoms with E-state index in [9.17, 15) is 9.90 Å². The third-order valence-electron chi connectivity index (χ3n) is 8.34. The molecule has 2 aliphatic carbocycles. The number of pyridine rings is 1. The fourth-order valence-corrected chi connectivity index (χ4v) is 6.21. The van der Waals surface area contributed by atoms with Gasteiger partial charge >= 0.3 is 0 Å². The molecule has 1 aliphatic heterocycles. The van der Waals surface area contributed by atoms with E-state index < -0.39 is 5.60 Å². The first-order valence-corrected chi connectivity index (χ1v) is 13.3. The van der Waals surface area contributed by atoms with Gasteiger partial charge in [0.05, 0.1) is 12.2 Å². The summed E-state index contributed by atoms with van der Waals surface area (Å²) in [5.74, 6) is 0.927. The van der Waals surface area contributed by atoms with E-state index in [1.807, 2.05) is 12.1 Å². The number of aryl methyl sites for hydroxylation is 1. The van der Waals surface area contributed by atoms with Crippen molar-refractivity contribution in [1.29, 1.82) is 0 Å². The maximum Gasteiger partial charge on any atom is 0.278 e. The summed E-state index contributed by atoms with van der Waals surface area (Å²) in [5, 5.41) is 18.3. The molecule has 1 spiro atoms. The average molecular weight is 510 g/mol. The largest absolute Gasteiger partial charge is 0.384 e. The van der Waals surface area contributed by atoms with Crippen molar-refractivity contribution >= 4 is 22.7 Å². The number of nitrogens with zero attached hydrogens (tertiary/aromatic N) is 5. The lowest BCUT2D eigenvalue weighted by Crippen LogP contribution is -2.33. The Kier molecular flexibility index (Phi) is 5.12. The second kappa shape index (κ2) is 8.34. The number of nitrogens with one attached hydrogen (secondary N) is 2. The predicted octanol–water partition coefficient (Wildman–Crippen LogP) is 3.59. The number of fused-ring (bicyclic) bond motifs is 4. The minimum atomic E-state index is -1.02. The molecular formula is C29H31N7O2. The molecule has 1 atom stereocenters. The molecule has 3 N–H and O–H groups in total. The smallest absolute Gasteiger partial charge is 0.278 e. The summed E-state index contributed by atoms with van der Waals surface area (Å²) in [6, 6.07) is 10.4. The van der Waals surface area contributed by atoms with Gasteiger partial charge in [-0.2, -0.15) is 4.98 Å². The standard InChI is InChI=1S/C29H31N7O2/c1-3-13-35-26(37)21-16-31-27(32-20-7-8-22-19(14-20)15-30-17-29(22)11-12-29)34-25(21)36(35)23-9-6-18-5-4-10-28(2,38)24(18)33-23/h3,6-9,14,16,30,38H,1,4-5,10-13,15,17H2,2H3,(H,31,32,34)/t28-/m0/s1. The van der Waals surface area contributed by atoms with Crippen LogP contribution in [0.4, 0.5) is 11.6 Å². The monoisotopic (exact) mass is 509 g/mol. The Hall–Kier alpha value is -3.82. The Labute approximate surface area is 220 Å². The molecule has 4 heterocycles. The van der Waals surface area contributed by atoms with Crippen LogP contribution in [-0.2, 0) is 30.5 Å². The van der Waals surface area contributed by atoms with Crippen LogP contribution >= 0.6 is 0 Å². The van der Waals surface area contributed by atoms with Crippen LogP contribution in [0.1, 0.15) is 55.0 Å². The highest BCUT2D eigenvalue weighted by molar-refractivity contribution is 5.77. The van der Waals surface area contributed by atoms with E-state index in [0.717, 1.165) is 37.2 Å². The lowest BCUT2D eigenvalue weighted by molar-refractivity contribution is 0.0339. The zero-order valence-electron chi connectivity index (χ0n) is 21.5. The van der Waals surface area contributed by atoms with Crippen molar-refractivity contribution in [3.8, 4) is 5.82 Å². The van der Waals surface area contributed by atoms with Crippen LogP contribution in [0.5, 0.6) is 0 Å². The summed E-state index contributed by atoms with van der Waals surface area (Å²) >= 11 is 0. The lowest BCUT2D eigenvalue weighted by Gasteiger charge is -2.30. The van der Waals surface area contributed by atoms with Gasteiger partial charge in [0.1, 0.15) is 11.0 Å². The van der Waals surface area contributed by atoms with Gasteiger partial charge in [-0.3, -0.25) is 4.79 Å². The van der Waals surface area contributed by atoms with E-state index in [2.05, 4.69) is 40.4 Å². The molecule has 0 radical (unpaired) electrons. The van der Waals surface area contributed by atoms with Crippen LogP contribution in [0.25, 0.3) is 16.9 Å². The first-order chi connectivity index (χ1) is 18.4. The number of aromatic nitrogens is 5. The van der Waals surface area contributed by atoms with Gasteiger partial charge in [0, 0.05) is 30.4 Å². The maximum absolute atomic E-state index is 13.3. The molecule has 0 bridgehead atoms. The number of anilines is 2. The van der Waals surface area contributed by atoms with Crippen LogP contribution < -0.4 is 16.2 Å². The van der Waals surface area contributed by atoms with Crippen molar-refractivity contribution in [3.63, 3.8) is 0 Å². The van der Waals surface area contributed by atoms with E-state index in [4.69, 9.17) is 9.97 Å². The van der Waals surface area contributed by atoms with E-state index in [-0.39, 0.29) is 12.1 Å². The predicted molar refractivity (Wildman–Crippen MR) is 146 cm³/mol. The lowest BCUT2D eigenvalue weighted by atomic mass is 9.84. The number of hydrogen-bond acceptors (Lipinski definition) is 7. The molecule has 0 unspecified atom stereocenters. The zero-order chi connectivity index (χ0) is 26.1. The summed E-state index contributed by atoms with van der Waals surface area (Å²) in [4.78, 5) is 27.4. The highest BCUT2D eigenvalue weighted by Gasteiger charge is 2.46. The minimum Gasteiger partial charge on any atom is -0.384 e. The zero-order valence-corrected chi connectivity index (χ0v) is 21.5. The van der Waals surface area contributed by atoms with Gasteiger partial charge in [0.15, 0.2) is 11.5 Å². The molecule has 194 valence electrons. The highest BCUT2D eigenvalue weighted by atomic mass is 16.3. The summed E-state index contributed by atoms with van der Waals surface area (Å²) < 4.78 is 3.27. The summed E-state index contributed by atoms with van der Waals surface area (Å²) in [5.41, 5.74) is 4.89. The van der Waals surface area contributed by atoms with Crippen LogP contribution in [-0.4, -0.2) is 36.0 Å². The Morgan fingerprint density at radius 2 is 2.05 bits per heavy atom. The van der Waals surface area contributed by atoms with Crippen molar-refractivity contribution in [2.45, 2.75) is 63.1 Å². The maximum atomic E-state index is 13.3. The number of rotatable bonds is 5. The first-order valence-electron chi connectivity index (χ1n) is 13.3. The number of benzene rings is 1. The molecule has 9 heteroatoms. The van der Waals surface area contributed by atoms with Crippen molar-refractivity contribution < 1.29 is 5.11 Å². The van der Waals surface area contributed by atoms with Gasteiger partial charge < -0.3 is 15.7 Å². The average Bonchev–Trinajstić information content (AvgIpc) is 3.62. The third kappa shape index (κ3) is 3.60. The Bertz CT molecular complexity index is 1660. The summed E-state index contributed by atoms with van der Waals surface area (Å²) in [6.45, 7) is 7.82. The molecule has 3 aliphatic rings. The summed E-state index contributed by atoms with van der Waals surface area (Å²) in [7, 11) is 0. The van der Waals surface area contributed by atoms with Gasteiger partial charge in [-0.1, -0.05) is 18.2 Å². The fraction of sp³-hybridized carbons (Fsp3) is 0.379. The Morgan fingerprint density at radius 1 is 1.18 bits per heavy atom. The molecule has 1 aromatic carbocycles. The molecule has 0 saturated heterocycles. The normalized spacial score (nSPS) is 21.2. The van der Waals surface area contributed by atoms with Gasteiger partial charge in [-0.05, 0) is 73.9 Å². The van der Waals surface area contributed by atoms with Crippen LogP contribution in [0, 0.1) is 0 Å². The van der Waals surface area contributed by atoms with Crippen LogP contribution in [0.15, 0.2) is 54.0 Å². The van der Waals surface area contributed by atoms with E-state index >= 15 is 0 Å². The van der Waals surface area contributed by atoms with E-state index in [0.29, 0.717) is 40.3 Å². The number of allylic oxidation sites excluding steroid dienone is 1. The van der Waals surface area contributed by atoms with Gasteiger partial charge in [-0.25, -0.2) is 19.3 Å². The summed E-state index contributed by atoms with van der Waals surface area (Å²) in [6.07, 6.45) is 8.16. The third-order valence-corrected chi connectivity index (χ3v) is 8.34. The Balaban J connectivity index is 1.32. The van der Waals surface area contributed by atoms with E-state index in [1.54, 1.807) is 28.6 Å². The van der Waals surface area contributed by atoms with Gasteiger partial charge in [-0.15, -0.1) is 6.58 Å². The van der Waals surface area contributed by atoms with Crippen molar-refractivity contribution in [3.05, 3.63) is 81.9 Å². The van der Waals surface area contributed by atoms with Crippen molar-refractivity contribution in [2.75, 3.05) is 11.9 Å². The SMILES string of the molecule is C=CCn1c(=O)c2cnc(Nc3ccc4c(c3)CNCC43CC3)nc2n1-c1ccc2c(n1)[C@@](C)(O)CCC2. The van der Waals surface area contributed by atoms with Crippen LogP contribution in [0.2, 0.25) is 0 Å². The molecule has 3 aromatic heterocycles. The second-order valence-corrected chi connectivity index (χ2v) is 11.1. The van der Waals surface area contributed by atoms with Crippen molar-refractivity contribution in [2.24, 2.45) is 0 Å².